The van der Waals surface area contributed by atoms with Crippen molar-refractivity contribution >= 4 is 5.69 Å². The van der Waals surface area contributed by atoms with E-state index in [1.54, 1.807) is 29.1 Å². The van der Waals surface area contributed by atoms with Gasteiger partial charge in [0, 0.05) is 24.9 Å². The lowest BCUT2D eigenvalue weighted by Gasteiger charge is -2.07. The van der Waals surface area contributed by atoms with Crippen LogP contribution in [0.1, 0.15) is 18.3 Å². The van der Waals surface area contributed by atoms with Crippen LogP contribution in [0.25, 0.3) is 5.69 Å². The second-order valence-electron chi connectivity index (χ2n) is 3.64. The van der Waals surface area contributed by atoms with E-state index in [1.807, 2.05) is 13.0 Å². The summed E-state index contributed by atoms with van der Waals surface area (Å²) in [7, 11) is 0. The number of nitrogens with zero attached hydrogens (tertiary/aromatic N) is 4. The quantitative estimate of drug-likeness (QED) is 0.610. The Hall–Kier alpha value is -2.68. The Morgan fingerprint density at radius 2 is 2.33 bits per heavy atom. The zero-order chi connectivity index (χ0) is 13.1. The molecule has 18 heavy (non-hydrogen) atoms. The van der Waals surface area contributed by atoms with E-state index in [2.05, 4.69) is 4.98 Å². The normalized spacial score (nSPS) is 10.0. The van der Waals surface area contributed by atoms with Crippen LogP contribution in [0.5, 0.6) is 0 Å². The van der Waals surface area contributed by atoms with E-state index in [1.165, 1.54) is 6.07 Å². The third-order valence-corrected chi connectivity index (χ3v) is 2.59. The number of rotatable bonds is 3. The molecule has 0 spiro atoms. The van der Waals surface area contributed by atoms with Gasteiger partial charge in [-0.15, -0.1) is 0 Å². The van der Waals surface area contributed by atoms with E-state index in [9.17, 15) is 10.1 Å². The van der Waals surface area contributed by atoms with Gasteiger partial charge in [-0.1, -0.05) is 6.92 Å². The summed E-state index contributed by atoms with van der Waals surface area (Å²) < 4.78 is 1.67. The van der Waals surface area contributed by atoms with Crippen LogP contribution in [-0.2, 0) is 6.42 Å². The molecule has 90 valence electrons. The molecular formula is C12H10N4O2. The minimum atomic E-state index is -0.490. The molecule has 2 rings (SSSR count). The predicted molar refractivity (Wildman–Crippen MR) is 64.3 cm³/mol. The maximum absolute atomic E-state index is 11.0. The molecule has 6 heteroatoms. The highest BCUT2D eigenvalue weighted by Gasteiger charge is 2.17. The summed E-state index contributed by atoms with van der Waals surface area (Å²) in [6, 6.07) is 6.29. The van der Waals surface area contributed by atoms with Crippen molar-refractivity contribution in [3.8, 4) is 11.8 Å². The van der Waals surface area contributed by atoms with Crippen LogP contribution >= 0.6 is 0 Å². The first-order chi connectivity index (χ1) is 8.67. The first-order valence-electron chi connectivity index (χ1n) is 5.38. The third kappa shape index (κ3) is 1.94. The van der Waals surface area contributed by atoms with Crippen molar-refractivity contribution < 1.29 is 4.92 Å². The summed E-state index contributed by atoms with van der Waals surface area (Å²) in [5, 5.41) is 19.8. The summed E-state index contributed by atoms with van der Waals surface area (Å²) in [4.78, 5) is 14.7. The molecule has 0 atom stereocenters. The smallest absolute Gasteiger partial charge is 0.294 e. The van der Waals surface area contributed by atoms with Gasteiger partial charge in [-0.05, 0) is 12.1 Å². The van der Waals surface area contributed by atoms with Crippen LogP contribution in [0.3, 0.4) is 0 Å². The zero-order valence-corrected chi connectivity index (χ0v) is 9.70. The molecule has 1 heterocycles. The largest absolute Gasteiger partial charge is 0.298 e. The Labute approximate surface area is 103 Å². The van der Waals surface area contributed by atoms with Crippen LogP contribution < -0.4 is 0 Å². The van der Waals surface area contributed by atoms with Crippen LogP contribution in [-0.4, -0.2) is 14.5 Å². The fraction of sp³-hybridized carbons (Fsp3) is 0.167. The second kappa shape index (κ2) is 4.67. The number of nitro groups is 1. The van der Waals surface area contributed by atoms with Gasteiger partial charge in [0.05, 0.1) is 16.6 Å². The fourth-order valence-electron chi connectivity index (χ4n) is 1.76. The Balaban J connectivity index is 2.65. The van der Waals surface area contributed by atoms with Crippen molar-refractivity contribution in [3.63, 3.8) is 0 Å². The monoisotopic (exact) mass is 242 g/mol. The van der Waals surface area contributed by atoms with E-state index in [4.69, 9.17) is 5.26 Å². The molecule has 0 aliphatic carbocycles. The highest BCUT2D eigenvalue weighted by atomic mass is 16.6. The number of aryl methyl sites for hydroxylation is 1. The molecule has 1 aromatic heterocycles. The molecule has 0 aliphatic rings. The van der Waals surface area contributed by atoms with E-state index in [0.717, 1.165) is 5.82 Å². The van der Waals surface area contributed by atoms with Crippen molar-refractivity contribution in [2.45, 2.75) is 13.3 Å². The van der Waals surface area contributed by atoms with Gasteiger partial charge in [-0.3, -0.25) is 14.7 Å². The molecular weight excluding hydrogens is 232 g/mol. The highest BCUT2D eigenvalue weighted by Crippen LogP contribution is 2.25. The van der Waals surface area contributed by atoms with Gasteiger partial charge in [0.15, 0.2) is 0 Å². The number of hydrogen-bond donors (Lipinski definition) is 0. The van der Waals surface area contributed by atoms with Crippen molar-refractivity contribution in [1.82, 2.24) is 9.55 Å². The zero-order valence-electron chi connectivity index (χ0n) is 9.70. The number of nitro benzene ring substituents is 1. The molecule has 0 fully saturated rings. The lowest BCUT2D eigenvalue weighted by molar-refractivity contribution is -0.384. The topological polar surface area (TPSA) is 84.8 Å². The van der Waals surface area contributed by atoms with Crippen molar-refractivity contribution in [2.24, 2.45) is 0 Å². The molecule has 0 unspecified atom stereocenters. The average Bonchev–Trinajstić information content (AvgIpc) is 2.86. The van der Waals surface area contributed by atoms with Crippen LogP contribution in [0.15, 0.2) is 30.6 Å². The number of imidazole rings is 1. The van der Waals surface area contributed by atoms with Gasteiger partial charge >= 0.3 is 0 Å². The average molecular weight is 242 g/mol. The molecule has 0 bridgehead atoms. The second-order valence-corrected chi connectivity index (χ2v) is 3.64. The van der Waals surface area contributed by atoms with Gasteiger partial charge in [0.1, 0.15) is 11.5 Å². The third-order valence-electron chi connectivity index (χ3n) is 2.59. The van der Waals surface area contributed by atoms with Gasteiger partial charge < -0.3 is 0 Å². The van der Waals surface area contributed by atoms with E-state index in [0.29, 0.717) is 12.1 Å². The Morgan fingerprint density at radius 1 is 1.56 bits per heavy atom. The molecule has 0 saturated heterocycles. The fourth-order valence-corrected chi connectivity index (χ4v) is 1.76. The summed E-state index contributed by atoms with van der Waals surface area (Å²) in [6.07, 6.45) is 3.94. The maximum Gasteiger partial charge on any atom is 0.294 e. The minimum Gasteiger partial charge on any atom is -0.298 e. The summed E-state index contributed by atoms with van der Waals surface area (Å²) in [5.74, 6) is 0.739. The SMILES string of the molecule is CCc1nccn1-c1ccc(C#N)cc1[N+](=O)[O-]. The molecule has 0 saturated carbocycles. The molecule has 0 radical (unpaired) electrons. The summed E-state index contributed by atoms with van der Waals surface area (Å²) in [6.45, 7) is 1.92. The molecule has 0 N–H and O–H groups in total. The number of nitriles is 1. The van der Waals surface area contributed by atoms with E-state index in [-0.39, 0.29) is 11.3 Å². The van der Waals surface area contributed by atoms with Gasteiger partial charge in [-0.2, -0.15) is 5.26 Å². The molecule has 6 nitrogen and oxygen atoms in total. The predicted octanol–water partition coefficient (Wildman–Crippen LogP) is 2.21. The summed E-state index contributed by atoms with van der Waals surface area (Å²) >= 11 is 0. The number of aromatic nitrogens is 2. The van der Waals surface area contributed by atoms with E-state index < -0.39 is 4.92 Å². The van der Waals surface area contributed by atoms with Crippen molar-refractivity contribution in [3.05, 3.63) is 52.1 Å². The van der Waals surface area contributed by atoms with E-state index >= 15 is 0 Å². The molecule has 0 aliphatic heterocycles. The molecule has 1 aromatic carbocycles. The molecule has 0 amide bonds. The van der Waals surface area contributed by atoms with Crippen LogP contribution in [0.4, 0.5) is 5.69 Å². The van der Waals surface area contributed by atoms with Gasteiger partial charge in [-0.25, -0.2) is 4.98 Å². The van der Waals surface area contributed by atoms with Gasteiger partial charge in [0.25, 0.3) is 5.69 Å². The Bertz CT molecular complexity index is 640. The van der Waals surface area contributed by atoms with Crippen molar-refractivity contribution in [1.29, 1.82) is 5.26 Å². The minimum absolute atomic E-state index is 0.0956. The molecule has 2 aromatic rings. The lowest BCUT2D eigenvalue weighted by Crippen LogP contribution is -2.03. The number of hydrogen-bond acceptors (Lipinski definition) is 4. The van der Waals surface area contributed by atoms with Gasteiger partial charge in [0.2, 0.25) is 0 Å². The number of benzene rings is 1. The maximum atomic E-state index is 11.0. The van der Waals surface area contributed by atoms with Crippen LogP contribution in [0.2, 0.25) is 0 Å². The highest BCUT2D eigenvalue weighted by molar-refractivity contribution is 5.56. The first kappa shape index (κ1) is 11.8. The Kier molecular flexibility index (Phi) is 3.06. The Morgan fingerprint density at radius 3 is 2.94 bits per heavy atom. The standard InChI is InChI=1S/C12H10N4O2/c1-2-12-14-5-6-15(12)10-4-3-9(8-13)7-11(10)16(17)18/h3-7H,2H2,1H3. The lowest BCUT2D eigenvalue weighted by atomic mass is 10.2. The van der Waals surface area contributed by atoms with Crippen LogP contribution in [0, 0.1) is 21.4 Å². The van der Waals surface area contributed by atoms with Crippen molar-refractivity contribution in [2.75, 3.05) is 0 Å². The first-order valence-corrected chi connectivity index (χ1v) is 5.38. The summed E-state index contributed by atoms with van der Waals surface area (Å²) in [5.41, 5.74) is 0.596.